The van der Waals surface area contributed by atoms with Crippen molar-refractivity contribution >= 4 is 39.8 Å². The Morgan fingerprint density at radius 2 is 1.70 bits per heavy atom. The molecular weight excluding hydrogens is 246 g/mol. The largest absolute Gasteiger partial charge is 0.455 e. The van der Waals surface area contributed by atoms with Gasteiger partial charge >= 0.3 is 0 Å². The summed E-state index contributed by atoms with van der Waals surface area (Å²) in [5.41, 5.74) is 10.9. The van der Waals surface area contributed by atoms with Gasteiger partial charge in [0.15, 0.2) is 0 Å². The molecular formula is C18H17NO. The summed E-state index contributed by atoms with van der Waals surface area (Å²) in [5, 5.41) is 2.07. The lowest BCUT2D eigenvalue weighted by molar-refractivity contribution is 0.668. The molecule has 0 aliphatic heterocycles. The van der Waals surface area contributed by atoms with Gasteiger partial charge in [-0.25, -0.2) is 0 Å². The average molecular weight is 263 g/mol. The molecule has 3 aromatic rings. The number of para-hydroxylation sites is 1. The average Bonchev–Trinajstić information content (AvgIpc) is 2.84. The van der Waals surface area contributed by atoms with Crippen LogP contribution in [0.5, 0.6) is 0 Å². The summed E-state index contributed by atoms with van der Waals surface area (Å²) in [7, 11) is 0. The summed E-state index contributed by atoms with van der Waals surface area (Å²) in [6.07, 6.45) is 8.09. The van der Waals surface area contributed by atoms with Crippen molar-refractivity contribution < 1.29 is 4.42 Å². The molecule has 0 aliphatic rings. The predicted molar refractivity (Wildman–Crippen MR) is 87.5 cm³/mol. The topological polar surface area (TPSA) is 39.2 Å². The Hall–Kier alpha value is -2.48. The first-order valence-electron chi connectivity index (χ1n) is 6.75. The smallest absolute Gasteiger partial charge is 0.144 e. The van der Waals surface area contributed by atoms with Crippen molar-refractivity contribution in [2.75, 3.05) is 5.73 Å². The highest BCUT2D eigenvalue weighted by Gasteiger charge is 2.14. The summed E-state index contributed by atoms with van der Waals surface area (Å²) in [5.74, 6) is 0. The number of anilines is 1. The zero-order chi connectivity index (χ0) is 14.1. The van der Waals surface area contributed by atoms with Crippen LogP contribution in [-0.4, -0.2) is 0 Å². The van der Waals surface area contributed by atoms with E-state index in [2.05, 4.69) is 18.2 Å². The normalized spacial score (nSPS) is 12.3. The summed E-state index contributed by atoms with van der Waals surface area (Å²) in [4.78, 5) is 0. The Morgan fingerprint density at radius 1 is 1.00 bits per heavy atom. The van der Waals surface area contributed by atoms with Gasteiger partial charge in [-0.05, 0) is 31.5 Å². The summed E-state index contributed by atoms with van der Waals surface area (Å²) >= 11 is 0. The van der Waals surface area contributed by atoms with E-state index in [4.69, 9.17) is 10.2 Å². The molecule has 2 nitrogen and oxygen atoms in total. The lowest BCUT2D eigenvalue weighted by atomic mass is 10.0. The van der Waals surface area contributed by atoms with Crippen LogP contribution in [-0.2, 0) is 0 Å². The van der Waals surface area contributed by atoms with Crippen LogP contribution in [0.2, 0.25) is 0 Å². The molecule has 0 aliphatic carbocycles. The number of fused-ring (bicyclic) bond motifs is 3. The molecule has 0 saturated heterocycles. The van der Waals surface area contributed by atoms with E-state index >= 15 is 0 Å². The fourth-order valence-electron chi connectivity index (χ4n) is 2.59. The molecule has 1 aromatic heterocycles. The van der Waals surface area contributed by atoms with Gasteiger partial charge < -0.3 is 10.2 Å². The zero-order valence-corrected chi connectivity index (χ0v) is 11.7. The number of furan rings is 1. The summed E-state index contributed by atoms with van der Waals surface area (Å²) < 4.78 is 5.99. The van der Waals surface area contributed by atoms with Gasteiger partial charge in [0.25, 0.3) is 0 Å². The third kappa shape index (κ3) is 1.81. The number of hydrogen-bond donors (Lipinski definition) is 1. The maximum Gasteiger partial charge on any atom is 0.144 e. The molecule has 0 bridgehead atoms. The van der Waals surface area contributed by atoms with E-state index in [1.165, 1.54) is 0 Å². The van der Waals surface area contributed by atoms with Gasteiger partial charge in [-0.15, -0.1) is 0 Å². The second-order valence-electron chi connectivity index (χ2n) is 4.77. The van der Waals surface area contributed by atoms with E-state index in [9.17, 15) is 0 Å². The molecule has 100 valence electrons. The van der Waals surface area contributed by atoms with Crippen molar-refractivity contribution in [2.24, 2.45) is 0 Å². The number of nitrogen functional groups attached to an aromatic ring is 1. The minimum Gasteiger partial charge on any atom is -0.455 e. The van der Waals surface area contributed by atoms with Gasteiger partial charge in [0.1, 0.15) is 11.2 Å². The third-order valence-electron chi connectivity index (χ3n) is 3.44. The molecule has 2 aromatic carbocycles. The maximum atomic E-state index is 6.35. The molecule has 0 saturated carbocycles. The second kappa shape index (κ2) is 4.89. The van der Waals surface area contributed by atoms with Crippen LogP contribution in [0.1, 0.15) is 25.0 Å². The van der Waals surface area contributed by atoms with Crippen molar-refractivity contribution in [1.29, 1.82) is 0 Å². The highest BCUT2D eigenvalue weighted by molar-refractivity contribution is 6.14. The first-order chi connectivity index (χ1) is 9.76. The van der Waals surface area contributed by atoms with Gasteiger partial charge in [0.05, 0.1) is 11.1 Å². The molecule has 0 atom stereocenters. The summed E-state index contributed by atoms with van der Waals surface area (Å²) in [6, 6.07) is 10.1. The van der Waals surface area contributed by atoms with Gasteiger partial charge in [-0.2, -0.15) is 0 Å². The number of allylic oxidation sites excluding steroid dienone is 2. The Labute approximate surface area is 118 Å². The van der Waals surface area contributed by atoms with Gasteiger partial charge in [0.2, 0.25) is 0 Å². The van der Waals surface area contributed by atoms with Crippen LogP contribution in [0.3, 0.4) is 0 Å². The van der Waals surface area contributed by atoms with Crippen LogP contribution >= 0.6 is 0 Å². The first kappa shape index (κ1) is 12.5. The van der Waals surface area contributed by atoms with Crippen molar-refractivity contribution in [2.45, 2.75) is 13.8 Å². The van der Waals surface area contributed by atoms with Crippen molar-refractivity contribution in [3.63, 3.8) is 0 Å². The zero-order valence-electron chi connectivity index (χ0n) is 11.7. The fraction of sp³-hybridized carbons (Fsp3) is 0.111. The Bertz CT molecular complexity index is 837. The highest BCUT2D eigenvalue weighted by atomic mass is 16.3. The molecule has 0 unspecified atom stereocenters. The van der Waals surface area contributed by atoms with E-state index in [-0.39, 0.29) is 0 Å². The lowest BCUT2D eigenvalue weighted by Crippen LogP contribution is -1.92. The highest BCUT2D eigenvalue weighted by Crippen LogP contribution is 2.37. The van der Waals surface area contributed by atoms with Crippen molar-refractivity contribution in [1.82, 2.24) is 0 Å². The molecule has 0 spiro atoms. The minimum atomic E-state index is 0.774. The Kier molecular flexibility index (Phi) is 3.07. The van der Waals surface area contributed by atoms with Gasteiger partial charge in [-0.3, -0.25) is 0 Å². The molecule has 0 radical (unpaired) electrons. The second-order valence-corrected chi connectivity index (χ2v) is 4.77. The van der Waals surface area contributed by atoms with E-state index in [0.29, 0.717) is 0 Å². The van der Waals surface area contributed by atoms with E-state index in [1.807, 2.05) is 50.3 Å². The fourth-order valence-corrected chi connectivity index (χ4v) is 2.59. The van der Waals surface area contributed by atoms with E-state index in [1.54, 1.807) is 0 Å². The first-order valence-corrected chi connectivity index (χ1v) is 6.75. The number of benzene rings is 2. The molecule has 1 heterocycles. The van der Waals surface area contributed by atoms with Crippen LogP contribution in [0, 0.1) is 0 Å². The van der Waals surface area contributed by atoms with Crippen molar-refractivity contribution in [3.05, 3.63) is 53.6 Å². The van der Waals surface area contributed by atoms with Gasteiger partial charge in [0, 0.05) is 10.9 Å². The number of rotatable bonds is 2. The Morgan fingerprint density at radius 3 is 2.45 bits per heavy atom. The van der Waals surface area contributed by atoms with Crippen LogP contribution in [0.25, 0.3) is 34.1 Å². The summed E-state index contributed by atoms with van der Waals surface area (Å²) in [6.45, 7) is 3.99. The molecule has 3 rings (SSSR count). The quantitative estimate of drug-likeness (QED) is 0.642. The maximum absolute atomic E-state index is 6.35. The van der Waals surface area contributed by atoms with Gasteiger partial charge in [-0.1, -0.05) is 42.5 Å². The standard InChI is InChI=1S/C18H17NO/c1-3-7-12-11-13(8-4-2)18-16(17(12)19)14-9-5-6-10-15(14)20-18/h3-11H,19H2,1-2H3. The minimum absolute atomic E-state index is 0.774. The number of nitrogens with two attached hydrogens (primary N) is 1. The number of hydrogen-bond acceptors (Lipinski definition) is 2. The monoisotopic (exact) mass is 263 g/mol. The molecule has 0 fully saturated rings. The lowest BCUT2D eigenvalue weighted by Gasteiger charge is -2.05. The van der Waals surface area contributed by atoms with Crippen LogP contribution in [0.15, 0.2) is 46.9 Å². The Balaban J connectivity index is 2.52. The van der Waals surface area contributed by atoms with Crippen LogP contribution in [0.4, 0.5) is 5.69 Å². The SMILES string of the molecule is CC=Cc1cc(C=CC)c2oc3ccccc3c2c1N. The van der Waals surface area contributed by atoms with E-state index < -0.39 is 0 Å². The molecule has 2 N–H and O–H groups in total. The van der Waals surface area contributed by atoms with Crippen molar-refractivity contribution in [3.8, 4) is 0 Å². The predicted octanol–water partition coefficient (Wildman–Crippen LogP) is 5.23. The van der Waals surface area contributed by atoms with E-state index in [0.717, 1.165) is 38.8 Å². The third-order valence-corrected chi connectivity index (χ3v) is 3.44. The molecule has 0 amide bonds. The molecule has 20 heavy (non-hydrogen) atoms. The van der Waals surface area contributed by atoms with Crippen LogP contribution < -0.4 is 5.73 Å². The molecule has 2 heteroatoms.